The van der Waals surface area contributed by atoms with Gasteiger partial charge in [0.05, 0.1) is 11.8 Å². The molecule has 1 aromatic carbocycles. The molecule has 1 heterocycles. The Morgan fingerprint density at radius 1 is 1.43 bits per heavy atom. The Balaban J connectivity index is 2.34. The van der Waals surface area contributed by atoms with Gasteiger partial charge in [0.15, 0.2) is 0 Å². The monoisotopic (exact) mass is 313 g/mol. The molecule has 5 N–H and O–H groups in total. The minimum atomic E-state index is -3.75. The maximum absolute atomic E-state index is 12.6. The van der Waals surface area contributed by atoms with Crippen molar-refractivity contribution in [2.75, 3.05) is 18.8 Å². The molecule has 1 aromatic rings. The number of carbonyl (C=O) groups is 1. The fourth-order valence-electron chi connectivity index (χ4n) is 2.39. The van der Waals surface area contributed by atoms with E-state index in [1.54, 1.807) is 6.92 Å². The third-order valence-corrected chi connectivity index (χ3v) is 5.67. The van der Waals surface area contributed by atoms with E-state index >= 15 is 0 Å². The van der Waals surface area contributed by atoms with E-state index in [0.29, 0.717) is 6.42 Å². The van der Waals surface area contributed by atoms with Crippen molar-refractivity contribution in [2.24, 2.45) is 11.7 Å². The van der Waals surface area contributed by atoms with Gasteiger partial charge in [0.1, 0.15) is 4.90 Å². The fourth-order valence-corrected chi connectivity index (χ4v) is 4.04. The smallest absolute Gasteiger partial charge is 0.248 e. The lowest BCUT2D eigenvalue weighted by atomic mass is 9.99. The molecule has 2 unspecified atom stereocenters. The van der Waals surface area contributed by atoms with E-state index in [4.69, 9.17) is 11.5 Å². The van der Waals surface area contributed by atoms with Crippen LogP contribution in [0.4, 0.5) is 5.69 Å². The average molecular weight is 313 g/mol. The zero-order valence-electron chi connectivity index (χ0n) is 11.7. The lowest BCUT2D eigenvalue weighted by Crippen LogP contribution is -2.45. The van der Waals surface area contributed by atoms with Crippen molar-refractivity contribution >= 4 is 21.6 Å². The van der Waals surface area contributed by atoms with Gasteiger partial charge in [0.2, 0.25) is 15.9 Å². The number of primary amides is 1. The molecular formula is C13H19N3O4S. The topological polar surface area (TPSA) is 127 Å². The molecule has 116 valence electrons. The molecule has 1 aliphatic heterocycles. The highest BCUT2D eigenvalue weighted by Crippen LogP contribution is 2.27. The predicted octanol–water partition coefficient (Wildman–Crippen LogP) is -0.241. The molecule has 1 amide bonds. The van der Waals surface area contributed by atoms with Gasteiger partial charge in [-0.15, -0.1) is 0 Å². The zero-order chi connectivity index (χ0) is 15.8. The molecule has 2 rings (SSSR count). The first-order valence-electron chi connectivity index (χ1n) is 6.61. The van der Waals surface area contributed by atoms with Crippen LogP contribution in [0.25, 0.3) is 0 Å². The van der Waals surface area contributed by atoms with Crippen molar-refractivity contribution in [1.82, 2.24) is 4.31 Å². The Morgan fingerprint density at radius 2 is 2.10 bits per heavy atom. The van der Waals surface area contributed by atoms with Crippen LogP contribution < -0.4 is 11.5 Å². The Morgan fingerprint density at radius 3 is 2.62 bits per heavy atom. The van der Waals surface area contributed by atoms with E-state index in [-0.39, 0.29) is 35.2 Å². The number of carbonyl (C=O) groups excluding carboxylic acids is 1. The fraction of sp³-hybridized carbons (Fsp3) is 0.462. The molecule has 1 saturated heterocycles. The van der Waals surface area contributed by atoms with Crippen LogP contribution in [0.3, 0.4) is 0 Å². The summed E-state index contributed by atoms with van der Waals surface area (Å²) in [6.45, 7) is 2.28. The van der Waals surface area contributed by atoms with E-state index < -0.39 is 22.0 Å². The molecule has 7 nitrogen and oxygen atoms in total. The summed E-state index contributed by atoms with van der Waals surface area (Å²) in [4.78, 5) is 11.0. The van der Waals surface area contributed by atoms with Crippen LogP contribution in [0.15, 0.2) is 23.1 Å². The highest BCUT2D eigenvalue weighted by atomic mass is 32.2. The van der Waals surface area contributed by atoms with Gasteiger partial charge in [0, 0.05) is 18.7 Å². The lowest BCUT2D eigenvalue weighted by molar-refractivity contribution is 0.0629. The van der Waals surface area contributed by atoms with Gasteiger partial charge in [-0.3, -0.25) is 4.79 Å². The molecule has 0 saturated carbocycles. The number of amides is 1. The largest absolute Gasteiger partial charge is 0.398 e. The molecule has 0 aromatic heterocycles. The zero-order valence-corrected chi connectivity index (χ0v) is 12.5. The first kappa shape index (κ1) is 15.7. The molecule has 0 radical (unpaired) electrons. The number of hydrogen-bond donors (Lipinski definition) is 3. The third kappa shape index (κ3) is 3.02. The van der Waals surface area contributed by atoms with Crippen LogP contribution >= 0.6 is 0 Å². The van der Waals surface area contributed by atoms with E-state index in [1.165, 1.54) is 22.5 Å². The third-order valence-electron chi connectivity index (χ3n) is 3.73. The van der Waals surface area contributed by atoms with Crippen molar-refractivity contribution in [3.8, 4) is 0 Å². The van der Waals surface area contributed by atoms with E-state index in [1.807, 2.05) is 0 Å². The molecule has 0 aliphatic carbocycles. The number of nitrogens with two attached hydrogens (primary N) is 2. The van der Waals surface area contributed by atoms with Gasteiger partial charge in [-0.1, -0.05) is 6.92 Å². The number of nitrogens with zero attached hydrogens (tertiary/aromatic N) is 1. The number of hydrogen-bond acceptors (Lipinski definition) is 5. The highest BCUT2D eigenvalue weighted by molar-refractivity contribution is 7.89. The SMILES string of the molecule is CC1CN(S(=O)(=O)c2ccc(C(N)=O)cc2N)CCC1O. The predicted molar refractivity (Wildman–Crippen MR) is 77.9 cm³/mol. The number of anilines is 1. The molecule has 8 heteroatoms. The highest BCUT2D eigenvalue weighted by Gasteiger charge is 2.33. The van der Waals surface area contributed by atoms with Gasteiger partial charge >= 0.3 is 0 Å². The summed E-state index contributed by atoms with van der Waals surface area (Å²) >= 11 is 0. The van der Waals surface area contributed by atoms with Gasteiger partial charge < -0.3 is 16.6 Å². The van der Waals surface area contributed by atoms with Crippen LogP contribution in [0.1, 0.15) is 23.7 Å². The lowest BCUT2D eigenvalue weighted by Gasteiger charge is -2.33. The molecule has 1 fully saturated rings. The second kappa shape index (κ2) is 5.63. The summed E-state index contributed by atoms with van der Waals surface area (Å²) in [6, 6.07) is 3.89. The minimum absolute atomic E-state index is 0.00919. The summed E-state index contributed by atoms with van der Waals surface area (Å²) in [5.41, 5.74) is 11.0. The summed E-state index contributed by atoms with van der Waals surface area (Å²) in [5, 5.41) is 9.69. The quantitative estimate of drug-likeness (QED) is 0.664. The molecule has 2 atom stereocenters. The Bertz CT molecular complexity index is 659. The van der Waals surface area contributed by atoms with Crippen LogP contribution in [-0.4, -0.2) is 42.9 Å². The average Bonchev–Trinajstić information content (AvgIpc) is 2.41. The first-order valence-corrected chi connectivity index (χ1v) is 8.05. The van der Waals surface area contributed by atoms with Gasteiger partial charge in [-0.2, -0.15) is 4.31 Å². The maximum atomic E-state index is 12.6. The number of sulfonamides is 1. The van der Waals surface area contributed by atoms with Crippen LogP contribution in [-0.2, 0) is 10.0 Å². The minimum Gasteiger partial charge on any atom is -0.398 e. The second-order valence-corrected chi connectivity index (χ2v) is 7.22. The standard InChI is InChI=1S/C13H19N3O4S/c1-8-7-16(5-4-11(8)17)21(19,20)12-3-2-9(13(15)18)6-10(12)14/h2-3,6,8,11,17H,4-5,7,14H2,1H3,(H2,15,18). The summed E-state index contributed by atoms with van der Waals surface area (Å²) in [6.07, 6.45) is -0.106. The Kier molecular flexibility index (Phi) is 4.22. The normalized spacial score (nSPS) is 23.9. The second-order valence-electron chi connectivity index (χ2n) is 5.31. The van der Waals surface area contributed by atoms with Gasteiger partial charge in [0.25, 0.3) is 0 Å². The number of piperidine rings is 1. The van der Waals surface area contributed by atoms with Gasteiger partial charge in [-0.05, 0) is 30.5 Å². The van der Waals surface area contributed by atoms with Gasteiger partial charge in [-0.25, -0.2) is 8.42 Å². The van der Waals surface area contributed by atoms with Crippen molar-refractivity contribution in [3.63, 3.8) is 0 Å². The molecule has 21 heavy (non-hydrogen) atoms. The number of benzene rings is 1. The number of aliphatic hydroxyl groups is 1. The molecule has 0 spiro atoms. The first-order chi connectivity index (χ1) is 9.73. The van der Waals surface area contributed by atoms with Crippen molar-refractivity contribution in [2.45, 2.75) is 24.3 Å². The van der Waals surface area contributed by atoms with E-state index in [0.717, 1.165) is 0 Å². The molecule has 0 bridgehead atoms. The van der Waals surface area contributed by atoms with Crippen molar-refractivity contribution in [3.05, 3.63) is 23.8 Å². The summed E-state index contributed by atoms with van der Waals surface area (Å²) in [5.74, 6) is -0.806. The maximum Gasteiger partial charge on any atom is 0.248 e. The van der Waals surface area contributed by atoms with Crippen molar-refractivity contribution < 1.29 is 18.3 Å². The summed E-state index contributed by atoms with van der Waals surface area (Å²) in [7, 11) is -3.75. The summed E-state index contributed by atoms with van der Waals surface area (Å²) < 4.78 is 26.5. The van der Waals surface area contributed by atoms with E-state index in [9.17, 15) is 18.3 Å². The van der Waals surface area contributed by atoms with Crippen molar-refractivity contribution in [1.29, 1.82) is 0 Å². The number of aliphatic hydroxyl groups excluding tert-OH is 1. The Labute approximate surface area is 123 Å². The van der Waals surface area contributed by atoms with Crippen LogP contribution in [0.2, 0.25) is 0 Å². The van der Waals surface area contributed by atoms with Crippen LogP contribution in [0.5, 0.6) is 0 Å². The van der Waals surface area contributed by atoms with E-state index in [2.05, 4.69) is 0 Å². The number of nitrogen functional groups attached to an aromatic ring is 1. The van der Waals surface area contributed by atoms with Crippen LogP contribution in [0, 0.1) is 5.92 Å². The number of rotatable bonds is 3. The Hall–Kier alpha value is -1.64. The molecular weight excluding hydrogens is 294 g/mol. The molecule has 1 aliphatic rings.